The van der Waals surface area contributed by atoms with E-state index in [-0.39, 0.29) is 16.7 Å². The van der Waals surface area contributed by atoms with Gasteiger partial charge in [-0.1, -0.05) is 11.8 Å². The van der Waals surface area contributed by atoms with E-state index in [1.54, 1.807) is 30.3 Å². The van der Waals surface area contributed by atoms with Crippen LogP contribution < -0.4 is 10.8 Å². The van der Waals surface area contributed by atoms with Crippen molar-refractivity contribution in [3.8, 4) is 11.1 Å². The summed E-state index contributed by atoms with van der Waals surface area (Å²) in [5, 5.41) is 25.2. The van der Waals surface area contributed by atoms with Crippen LogP contribution in [0, 0.1) is 16.6 Å². The zero-order valence-corrected chi connectivity index (χ0v) is 18.7. The van der Waals surface area contributed by atoms with Crippen LogP contribution in [0.25, 0.3) is 22.0 Å². The largest absolute Gasteiger partial charge is 0.379 e. The number of nitrogens with zero attached hydrogens (tertiary/aromatic N) is 4. The van der Waals surface area contributed by atoms with E-state index in [0.29, 0.717) is 17.7 Å². The van der Waals surface area contributed by atoms with E-state index < -0.39 is 5.82 Å². The summed E-state index contributed by atoms with van der Waals surface area (Å²) in [4.78, 5) is 5.32. The Kier molecular flexibility index (Phi) is 5.69. The summed E-state index contributed by atoms with van der Waals surface area (Å²) >= 11 is 1.15. The first-order valence-electron chi connectivity index (χ1n) is 10.4. The average molecular weight is 464 g/mol. The molecule has 0 spiro atoms. The maximum Gasteiger partial charge on any atom is 0.171 e. The van der Waals surface area contributed by atoms with Gasteiger partial charge in [-0.25, -0.2) is 4.39 Å². The van der Waals surface area contributed by atoms with Crippen LogP contribution in [0.3, 0.4) is 0 Å². The van der Waals surface area contributed by atoms with Gasteiger partial charge >= 0.3 is 0 Å². The first kappa shape index (κ1) is 21.4. The van der Waals surface area contributed by atoms with Crippen LogP contribution in [0.1, 0.15) is 6.42 Å². The fourth-order valence-electron chi connectivity index (χ4n) is 3.75. The third kappa shape index (κ3) is 4.53. The average Bonchev–Trinajstić information content (AvgIpc) is 3.47. The summed E-state index contributed by atoms with van der Waals surface area (Å²) in [5.41, 5.74) is 2.67. The van der Waals surface area contributed by atoms with E-state index in [0.717, 1.165) is 46.3 Å². The third-order valence-corrected chi connectivity index (χ3v) is 6.32. The number of fused-ring (bicyclic) bond motifs is 1. The maximum absolute atomic E-state index is 14.5. The summed E-state index contributed by atoms with van der Waals surface area (Å²) in [6.45, 7) is 1.45. The van der Waals surface area contributed by atoms with Crippen molar-refractivity contribution >= 4 is 33.5 Å². The molecule has 0 radical (unpaired) electrons. The molecule has 33 heavy (non-hydrogen) atoms. The van der Waals surface area contributed by atoms with Crippen LogP contribution in [0.4, 0.5) is 10.1 Å². The molecule has 4 aromatic rings. The summed E-state index contributed by atoms with van der Waals surface area (Å²) in [7, 11) is 1.78. The maximum atomic E-state index is 14.5. The molecule has 1 fully saturated rings. The van der Waals surface area contributed by atoms with Crippen LogP contribution >= 0.6 is 11.8 Å². The fraction of sp³-hybridized carbons (Fsp3) is 0.217. The number of anilines is 1. The van der Waals surface area contributed by atoms with E-state index >= 15 is 0 Å². The summed E-state index contributed by atoms with van der Waals surface area (Å²) < 4.78 is 22.8. The van der Waals surface area contributed by atoms with Crippen molar-refractivity contribution in [1.29, 1.82) is 10.8 Å². The SMILES string of the molecule is Cn1cc(-c2cc(F)c(=N)n(C(=N)Sc3ccc4ncc(NC5CCOC5)cc4c3)c2)cn1. The van der Waals surface area contributed by atoms with Crippen molar-refractivity contribution < 1.29 is 9.13 Å². The molecule has 3 aromatic heterocycles. The molecule has 8 nitrogen and oxygen atoms in total. The van der Waals surface area contributed by atoms with Gasteiger partial charge in [0.25, 0.3) is 0 Å². The number of thioether (sulfide) groups is 1. The van der Waals surface area contributed by atoms with Gasteiger partial charge in [-0.15, -0.1) is 0 Å². The van der Waals surface area contributed by atoms with Crippen LogP contribution in [0.5, 0.6) is 0 Å². The number of rotatable bonds is 4. The Labute approximate surface area is 193 Å². The molecule has 10 heteroatoms. The molecule has 1 aromatic carbocycles. The van der Waals surface area contributed by atoms with E-state index in [4.69, 9.17) is 15.6 Å². The zero-order chi connectivity index (χ0) is 22.9. The Morgan fingerprint density at radius 3 is 2.85 bits per heavy atom. The van der Waals surface area contributed by atoms with Crippen molar-refractivity contribution in [3.63, 3.8) is 0 Å². The highest BCUT2D eigenvalue weighted by Crippen LogP contribution is 2.27. The lowest BCUT2D eigenvalue weighted by atomic mass is 10.1. The summed E-state index contributed by atoms with van der Waals surface area (Å²) in [6.07, 6.45) is 7.75. The highest BCUT2D eigenvalue weighted by atomic mass is 32.2. The van der Waals surface area contributed by atoms with Crippen LogP contribution in [-0.4, -0.2) is 43.8 Å². The number of benzene rings is 1. The summed E-state index contributed by atoms with van der Waals surface area (Å²) in [5.74, 6) is -0.698. The molecule has 5 rings (SSSR count). The van der Waals surface area contributed by atoms with Crippen LogP contribution in [0.2, 0.25) is 0 Å². The molecule has 0 amide bonds. The highest BCUT2D eigenvalue weighted by Gasteiger charge is 2.16. The topological polar surface area (TPSA) is 105 Å². The second kappa shape index (κ2) is 8.80. The second-order valence-corrected chi connectivity index (χ2v) is 8.95. The lowest BCUT2D eigenvalue weighted by molar-refractivity contribution is 0.195. The van der Waals surface area contributed by atoms with Gasteiger partial charge in [0.15, 0.2) is 16.5 Å². The number of pyridine rings is 2. The molecule has 168 valence electrons. The molecule has 4 heterocycles. The van der Waals surface area contributed by atoms with Crippen molar-refractivity contribution in [2.24, 2.45) is 7.05 Å². The Bertz CT molecular complexity index is 1410. The molecular weight excluding hydrogens is 441 g/mol. The number of hydrogen-bond acceptors (Lipinski definition) is 7. The van der Waals surface area contributed by atoms with Gasteiger partial charge in [-0.05, 0) is 36.8 Å². The van der Waals surface area contributed by atoms with Gasteiger partial charge in [0.1, 0.15) is 0 Å². The minimum atomic E-state index is -0.698. The Balaban J connectivity index is 1.41. The number of hydrogen-bond donors (Lipinski definition) is 3. The second-order valence-electron chi connectivity index (χ2n) is 7.89. The standard InChI is InChI=1S/C23H22FN7OS/c1-30-11-16(9-28-30)15-8-20(24)22(25)31(12-15)23(26)33-19-2-3-21-14(7-19)6-18(10-27-21)29-17-4-5-32-13-17/h2-3,6-12,17,25-26,29H,4-5,13H2,1H3. The van der Waals surface area contributed by atoms with E-state index in [1.807, 2.05) is 30.5 Å². The molecule has 0 aliphatic carbocycles. The van der Waals surface area contributed by atoms with Gasteiger partial charge in [0, 0.05) is 47.5 Å². The van der Waals surface area contributed by atoms with E-state index in [1.165, 1.54) is 10.6 Å². The number of halogens is 1. The van der Waals surface area contributed by atoms with Crippen molar-refractivity contribution in [1.82, 2.24) is 19.3 Å². The monoisotopic (exact) mass is 463 g/mol. The number of aromatic nitrogens is 4. The first-order chi connectivity index (χ1) is 16.0. The molecule has 0 bridgehead atoms. The lowest BCUT2D eigenvalue weighted by Crippen LogP contribution is -2.27. The smallest absolute Gasteiger partial charge is 0.171 e. The quantitative estimate of drug-likeness (QED) is 0.242. The minimum absolute atomic E-state index is 0.0225. The molecule has 1 aliphatic rings. The Morgan fingerprint density at radius 2 is 2.09 bits per heavy atom. The Morgan fingerprint density at radius 1 is 1.21 bits per heavy atom. The van der Waals surface area contributed by atoms with E-state index in [2.05, 4.69) is 15.4 Å². The molecule has 3 N–H and O–H groups in total. The zero-order valence-electron chi connectivity index (χ0n) is 17.9. The molecule has 1 atom stereocenters. The van der Waals surface area contributed by atoms with Gasteiger partial charge in [-0.2, -0.15) is 5.10 Å². The minimum Gasteiger partial charge on any atom is -0.379 e. The molecule has 1 aliphatic heterocycles. The van der Waals surface area contributed by atoms with Gasteiger partial charge in [0.05, 0.1) is 36.2 Å². The third-order valence-electron chi connectivity index (χ3n) is 5.44. The van der Waals surface area contributed by atoms with Crippen LogP contribution in [0.15, 0.2) is 60.0 Å². The predicted octanol–water partition coefficient (Wildman–Crippen LogP) is 3.83. The van der Waals surface area contributed by atoms with Crippen molar-refractivity contribution in [2.75, 3.05) is 18.5 Å². The normalized spacial score (nSPS) is 15.8. The van der Waals surface area contributed by atoms with Crippen LogP contribution in [-0.2, 0) is 11.8 Å². The first-order valence-corrected chi connectivity index (χ1v) is 11.2. The van der Waals surface area contributed by atoms with Crippen molar-refractivity contribution in [2.45, 2.75) is 17.4 Å². The molecular formula is C23H22FN7OS. The van der Waals surface area contributed by atoms with Gasteiger partial charge < -0.3 is 10.1 Å². The predicted molar refractivity (Wildman–Crippen MR) is 126 cm³/mol. The number of aryl methyl sites for hydroxylation is 1. The molecule has 1 saturated heterocycles. The summed E-state index contributed by atoms with van der Waals surface area (Å²) in [6, 6.07) is 9.32. The molecule has 1 unspecified atom stereocenters. The Hall–Kier alpha value is -3.50. The van der Waals surface area contributed by atoms with Gasteiger partial charge in [0.2, 0.25) is 0 Å². The van der Waals surface area contributed by atoms with Crippen molar-refractivity contribution in [3.05, 3.63) is 66.4 Å². The highest BCUT2D eigenvalue weighted by molar-refractivity contribution is 8.13. The number of ether oxygens (including phenoxy) is 1. The lowest BCUT2D eigenvalue weighted by Gasteiger charge is -2.13. The van der Waals surface area contributed by atoms with Gasteiger partial charge in [-0.3, -0.25) is 25.1 Å². The number of nitrogens with one attached hydrogen (secondary N) is 3. The van der Waals surface area contributed by atoms with E-state index in [9.17, 15) is 4.39 Å². The fourth-order valence-corrected chi connectivity index (χ4v) is 4.53. The molecule has 0 saturated carbocycles.